The first kappa shape index (κ1) is 17.0. The van der Waals surface area contributed by atoms with Gasteiger partial charge in [-0.2, -0.15) is 0 Å². The van der Waals surface area contributed by atoms with Crippen molar-refractivity contribution in [2.45, 2.75) is 6.54 Å². The van der Waals surface area contributed by atoms with Crippen molar-refractivity contribution in [3.05, 3.63) is 43.9 Å². The lowest BCUT2D eigenvalue weighted by atomic mass is 10.2. The SMILES string of the molecule is COc1ccc(N=C2SCCN2Cc2cnc(Cl)s2)c([N+](=O)[O-])c1. The van der Waals surface area contributed by atoms with Gasteiger partial charge in [-0.15, -0.1) is 11.3 Å². The third-order valence-corrected chi connectivity index (χ3v) is 5.42. The van der Waals surface area contributed by atoms with Crippen LogP contribution in [-0.4, -0.2) is 39.4 Å². The molecule has 1 aliphatic heterocycles. The van der Waals surface area contributed by atoms with Gasteiger partial charge >= 0.3 is 0 Å². The first-order valence-electron chi connectivity index (χ1n) is 6.96. The molecule has 0 radical (unpaired) electrons. The number of thiazole rings is 1. The third-order valence-electron chi connectivity index (χ3n) is 3.33. The number of nitro benzene ring substituents is 1. The van der Waals surface area contributed by atoms with E-state index in [1.807, 2.05) is 0 Å². The number of rotatable bonds is 5. The van der Waals surface area contributed by atoms with Gasteiger partial charge in [0.1, 0.15) is 11.4 Å². The molecule has 24 heavy (non-hydrogen) atoms. The molecule has 1 saturated heterocycles. The molecule has 0 N–H and O–H groups in total. The fraction of sp³-hybridized carbons (Fsp3) is 0.286. The highest BCUT2D eigenvalue weighted by atomic mass is 35.5. The topological polar surface area (TPSA) is 80.9 Å². The molecule has 0 spiro atoms. The zero-order valence-corrected chi connectivity index (χ0v) is 15.0. The lowest BCUT2D eigenvalue weighted by Gasteiger charge is -2.16. The average molecular weight is 385 g/mol. The van der Waals surface area contributed by atoms with E-state index in [-0.39, 0.29) is 5.69 Å². The zero-order chi connectivity index (χ0) is 17.1. The summed E-state index contributed by atoms with van der Waals surface area (Å²) in [6.45, 7) is 1.46. The Hall–Kier alpha value is -1.84. The molecule has 1 aliphatic rings. The van der Waals surface area contributed by atoms with E-state index in [1.54, 1.807) is 30.1 Å². The molecule has 7 nitrogen and oxygen atoms in total. The van der Waals surface area contributed by atoms with Gasteiger partial charge in [0.15, 0.2) is 9.63 Å². The number of hydrogen-bond donors (Lipinski definition) is 0. The van der Waals surface area contributed by atoms with Crippen LogP contribution in [0.25, 0.3) is 0 Å². The molecule has 0 unspecified atom stereocenters. The standard InChI is InChI=1S/C14H13ClN4O3S2/c1-22-9-2-3-11(12(6-9)19(20)21)17-14-18(4-5-23-14)8-10-7-16-13(15)24-10/h2-3,6-7H,4-5,8H2,1H3. The summed E-state index contributed by atoms with van der Waals surface area (Å²) < 4.78 is 5.55. The van der Waals surface area contributed by atoms with Crippen LogP contribution in [0, 0.1) is 10.1 Å². The monoisotopic (exact) mass is 384 g/mol. The quantitative estimate of drug-likeness (QED) is 0.573. The molecule has 0 atom stereocenters. The van der Waals surface area contributed by atoms with Crippen LogP contribution in [0.2, 0.25) is 4.47 Å². The normalized spacial score (nSPS) is 15.9. The molecule has 0 saturated carbocycles. The fourth-order valence-corrected chi connectivity index (χ4v) is 4.19. The van der Waals surface area contributed by atoms with Crippen molar-refractivity contribution >= 4 is 51.2 Å². The summed E-state index contributed by atoms with van der Waals surface area (Å²) in [5.74, 6) is 1.32. The number of hydrogen-bond acceptors (Lipinski definition) is 7. The average Bonchev–Trinajstić information content (AvgIpc) is 3.17. The highest BCUT2D eigenvalue weighted by Gasteiger charge is 2.23. The van der Waals surface area contributed by atoms with Crippen molar-refractivity contribution in [1.82, 2.24) is 9.88 Å². The molecule has 0 aliphatic carbocycles. The van der Waals surface area contributed by atoms with E-state index in [0.29, 0.717) is 22.4 Å². The summed E-state index contributed by atoms with van der Waals surface area (Å²) in [5.41, 5.74) is 0.243. The number of aromatic nitrogens is 1. The van der Waals surface area contributed by atoms with Gasteiger partial charge < -0.3 is 9.64 Å². The van der Waals surface area contributed by atoms with Crippen LogP contribution in [-0.2, 0) is 6.54 Å². The Morgan fingerprint density at radius 1 is 1.54 bits per heavy atom. The molecule has 1 aromatic heterocycles. The Morgan fingerprint density at radius 3 is 3.04 bits per heavy atom. The number of thioether (sulfide) groups is 1. The minimum absolute atomic E-state index is 0.0739. The van der Waals surface area contributed by atoms with E-state index in [1.165, 1.54) is 24.5 Å². The van der Waals surface area contributed by atoms with Crippen molar-refractivity contribution in [2.75, 3.05) is 19.4 Å². The number of aliphatic imine (C=N–C) groups is 1. The summed E-state index contributed by atoms with van der Waals surface area (Å²) >= 11 is 8.86. The smallest absolute Gasteiger partial charge is 0.298 e. The number of nitro groups is 1. The van der Waals surface area contributed by atoms with Crippen molar-refractivity contribution in [1.29, 1.82) is 0 Å². The van der Waals surface area contributed by atoms with Crippen LogP contribution in [0.1, 0.15) is 4.88 Å². The van der Waals surface area contributed by atoms with Gasteiger partial charge in [-0.3, -0.25) is 10.1 Å². The van der Waals surface area contributed by atoms with Crippen LogP contribution < -0.4 is 4.74 Å². The summed E-state index contributed by atoms with van der Waals surface area (Å²) in [5, 5.41) is 12.0. The molecule has 2 heterocycles. The van der Waals surface area contributed by atoms with Gasteiger partial charge in [0.2, 0.25) is 0 Å². The van der Waals surface area contributed by atoms with Crippen molar-refractivity contribution in [3.8, 4) is 5.75 Å². The maximum Gasteiger partial charge on any atom is 0.298 e. The number of benzene rings is 1. The van der Waals surface area contributed by atoms with Crippen molar-refractivity contribution in [2.24, 2.45) is 4.99 Å². The van der Waals surface area contributed by atoms with Crippen LogP contribution in [0.15, 0.2) is 29.4 Å². The van der Waals surface area contributed by atoms with E-state index in [9.17, 15) is 10.1 Å². The summed E-state index contributed by atoms with van der Waals surface area (Å²) in [6, 6.07) is 4.65. The Bertz CT molecular complexity index is 796. The highest BCUT2D eigenvalue weighted by Crippen LogP contribution is 2.34. The van der Waals surface area contributed by atoms with E-state index in [0.717, 1.165) is 22.3 Å². The van der Waals surface area contributed by atoms with Crippen LogP contribution in [0.4, 0.5) is 11.4 Å². The molecule has 1 aromatic carbocycles. The zero-order valence-electron chi connectivity index (χ0n) is 12.6. The summed E-state index contributed by atoms with van der Waals surface area (Å²) in [4.78, 5) is 22.5. The van der Waals surface area contributed by atoms with Crippen molar-refractivity contribution in [3.63, 3.8) is 0 Å². The maximum absolute atomic E-state index is 11.3. The van der Waals surface area contributed by atoms with Gasteiger partial charge in [0.05, 0.1) is 24.6 Å². The van der Waals surface area contributed by atoms with Gasteiger partial charge in [-0.25, -0.2) is 9.98 Å². The minimum atomic E-state index is -0.450. The lowest BCUT2D eigenvalue weighted by molar-refractivity contribution is -0.384. The maximum atomic E-state index is 11.3. The number of methoxy groups -OCH3 is 1. The third kappa shape index (κ3) is 3.80. The van der Waals surface area contributed by atoms with Crippen molar-refractivity contribution < 1.29 is 9.66 Å². The molecule has 10 heteroatoms. The molecular weight excluding hydrogens is 372 g/mol. The highest BCUT2D eigenvalue weighted by molar-refractivity contribution is 8.14. The number of amidine groups is 1. The first-order chi connectivity index (χ1) is 11.6. The molecule has 0 amide bonds. The van der Waals surface area contributed by atoms with Gasteiger partial charge in [-0.1, -0.05) is 23.4 Å². The lowest BCUT2D eigenvalue weighted by Crippen LogP contribution is -2.23. The van der Waals surface area contributed by atoms with E-state index >= 15 is 0 Å². The predicted octanol–water partition coefficient (Wildman–Crippen LogP) is 3.95. The number of halogens is 1. The Balaban J connectivity index is 1.87. The Kier molecular flexibility index (Phi) is 5.22. The molecule has 0 bridgehead atoms. The second kappa shape index (κ2) is 7.37. The van der Waals surface area contributed by atoms with E-state index < -0.39 is 4.92 Å². The van der Waals surface area contributed by atoms with Crippen LogP contribution >= 0.6 is 34.7 Å². The first-order valence-corrected chi connectivity index (χ1v) is 9.14. The molecule has 3 rings (SSSR count). The molecule has 126 valence electrons. The van der Waals surface area contributed by atoms with Gasteiger partial charge in [0.25, 0.3) is 5.69 Å². The number of nitrogens with zero attached hydrogens (tertiary/aromatic N) is 4. The molecule has 2 aromatic rings. The van der Waals surface area contributed by atoms with E-state index in [4.69, 9.17) is 16.3 Å². The number of ether oxygens (including phenoxy) is 1. The second-order valence-electron chi connectivity index (χ2n) is 4.86. The summed E-state index contributed by atoms with van der Waals surface area (Å²) in [6.07, 6.45) is 1.74. The van der Waals surface area contributed by atoms with Crippen LogP contribution in [0.5, 0.6) is 5.75 Å². The summed E-state index contributed by atoms with van der Waals surface area (Å²) in [7, 11) is 1.47. The Labute approximate surface area is 151 Å². The fourth-order valence-electron chi connectivity index (χ4n) is 2.20. The second-order valence-corrected chi connectivity index (χ2v) is 7.62. The Morgan fingerprint density at radius 2 is 2.38 bits per heavy atom. The van der Waals surface area contributed by atoms with Gasteiger partial charge in [0, 0.05) is 23.4 Å². The van der Waals surface area contributed by atoms with Crippen LogP contribution in [0.3, 0.4) is 0 Å². The largest absolute Gasteiger partial charge is 0.496 e. The molecular formula is C14H13ClN4O3S2. The van der Waals surface area contributed by atoms with Gasteiger partial charge in [-0.05, 0) is 12.1 Å². The van der Waals surface area contributed by atoms with E-state index in [2.05, 4.69) is 14.9 Å². The predicted molar refractivity (Wildman–Crippen MR) is 96.7 cm³/mol. The minimum Gasteiger partial charge on any atom is -0.496 e. The molecule has 1 fully saturated rings.